The number of Topliss-reactive ketones (excluding diaryl/α,β-unsaturated/α-hetero) is 1. The lowest BCUT2D eigenvalue weighted by atomic mass is 10.3. The first-order valence-electron chi connectivity index (χ1n) is 8.33. The number of ether oxygens (including phenoxy) is 1. The van der Waals surface area contributed by atoms with Gasteiger partial charge < -0.3 is 10.1 Å². The molecule has 2 aromatic rings. The van der Waals surface area contributed by atoms with Crippen LogP contribution < -0.4 is 10.0 Å². The Labute approximate surface area is 171 Å². The van der Waals surface area contributed by atoms with Crippen molar-refractivity contribution in [2.24, 2.45) is 0 Å². The van der Waals surface area contributed by atoms with Crippen LogP contribution in [0.5, 0.6) is 0 Å². The fourth-order valence-corrected chi connectivity index (χ4v) is 5.09. The number of thiophene rings is 2. The number of sulfonamides is 1. The van der Waals surface area contributed by atoms with Crippen molar-refractivity contribution in [2.45, 2.75) is 24.0 Å². The molecule has 0 aliphatic carbocycles. The maximum absolute atomic E-state index is 12.1. The predicted molar refractivity (Wildman–Crippen MR) is 106 cm³/mol. The second kappa shape index (κ2) is 10.5. The molecule has 0 spiro atoms. The fourth-order valence-electron chi connectivity index (χ4n) is 2.09. The van der Waals surface area contributed by atoms with Gasteiger partial charge in [0, 0.05) is 24.9 Å². The smallest absolute Gasteiger partial charge is 0.307 e. The van der Waals surface area contributed by atoms with E-state index in [0.29, 0.717) is 17.8 Å². The molecule has 8 nitrogen and oxygen atoms in total. The number of ketones is 1. The molecule has 0 atom stereocenters. The van der Waals surface area contributed by atoms with Crippen LogP contribution in [-0.4, -0.2) is 45.8 Å². The molecule has 0 bridgehead atoms. The minimum atomic E-state index is -3.63. The normalized spacial score (nSPS) is 11.2. The Kier molecular flexibility index (Phi) is 8.30. The van der Waals surface area contributed by atoms with Crippen LogP contribution in [0.4, 0.5) is 0 Å². The van der Waals surface area contributed by atoms with Crippen LogP contribution in [0.25, 0.3) is 0 Å². The van der Waals surface area contributed by atoms with Gasteiger partial charge in [-0.3, -0.25) is 14.4 Å². The summed E-state index contributed by atoms with van der Waals surface area (Å²) in [6.07, 6.45) is 0.436. The molecule has 0 saturated carbocycles. The van der Waals surface area contributed by atoms with Gasteiger partial charge in [0.05, 0.1) is 11.3 Å². The van der Waals surface area contributed by atoms with Crippen molar-refractivity contribution in [1.82, 2.24) is 10.0 Å². The van der Waals surface area contributed by atoms with Gasteiger partial charge in [-0.05, 0) is 30.0 Å². The van der Waals surface area contributed by atoms with Crippen LogP contribution in [0, 0.1) is 0 Å². The third kappa shape index (κ3) is 7.15. The number of nitrogens with one attached hydrogen (secondary N) is 2. The van der Waals surface area contributed by atoms with E-state index < -0.39 is 22.6 Å². The maximum Gasteiger partial charge on any atom is 0.307 e. The summed E-state index contributed by atoms with van der Waals surface area (Å²) in [7, 11) is -3.63. The molecule has 2 N–H and O–H groups in total. The monoisotopic (exact) mass is 444 g/mol. The number of esters is 1. The number of carbonyl (C=O) groups is 3. The van der Waals surface area contributed by atoms with E-state index in [9.17, 15) is 22.8 Å². The number of carbonyl (C=O) groups excluding carboxylic acids is 3. The molecule has 0 saturated heterocycles. The van der Waals surface area contributed by atoms with Crippen molar-refractivity contribution < 1.29 is 27.5 Å². The zero-order chi connectivity index (χ0) is 20.6. The van der Waals surface area contributed by atoms with Gasteiger partial charge in [0.2, 0.25) is 21.7 Å². The molecule has 2 heterocycles. The lowest BCUT2D eigenvalue weighted by Crippen LogP contribution is -2.26. The third-order valence-electron chi connectivity index (χ3n) is 3.43. The zero-order valence-corrected chi connectivity index (χ0v) is 17.5. The molecule has 0 unspecified atom stereocenters. The van der Waals surface area contributed by atoms with E-state index in [1.165, 1.54) is 24.3 Å². The predicted octanol–water partition coefficient (Wildman–Crippen LogP) is 1.58. The van der Waals surface area contributed by atoms with Crippen LogP contribution in [0.1, 0.15) is 27.9 Å². The summed E-state index contributed by atoms with van der Waals surface area (Å²) in [5, 5.41) is 4.32. The molecule has 0 aliphatic heterocycles. The minimum Gasteiger partial charge on any atom is -0.457 e. The van der Waals surface area contributed by atoms with E-state index in [0.717, 1.165) is 16.2 Å². The van der Waals surface area contributed by atoms with Gasteiger partial charge in [0.1, 0.15) is 4.21 Å². The summed E-state index contributed by atoms with van der Waals surface area (Å²) in [5.74, 6) is -1.11. The maximum atomic E-state index is 12.1. The lowest BCUT2D eigenvalue weighted by molar-refractivity contribution is -0.142. The van der Waals surface area contributed by atoms with Crippen molar-refractivity contribution in [2.75, 3.05) is 19.7 Å². The fraction of sp³-hybridized carbons (Fsp3) is 0.353. The molecule has 28 heavy (non-hydrogen) atoms. The number of hydrogen-bond donors (Lipinski definition) is 2. The summed E-state index contributed by atoms with van der Waals surface area (Å²) < 4.78 is 31.2. The number of rotatable bonds is 11. The number of hydrogen-bond acceptors (Lipinski definition) is 8. The summed E-state index contributed by atoms with van der Waals surface area (Å²) in [6, 6.07) is 6.53. The molecule has 2 rings (SSSR count). The van der Waals surface area contributed by atoms with Crippen molar-refractivity contribution in [1.29, 1.82) is 0 Å². The van der Waals surface area contributed by atoms with Gasteiger partial charge in [-0.2, -0.15) is 0 Å². The van der Waals surface area contributed by atoms with Crippen molar-refractivity contribution >= 4 is 50.4 Å². The Balaban J connectivity index is 1.70. The Morgan fingerprint density at radius 3 is 2.61 bits per heavy atom. The highest BCUT2D eigenvalue weighted by atomic mass is 32.2. The standard InChI is InChI=1S/C17H20N2O6S3/c1-12(20)18-8-6-13-4-5-15(27-13)14(21)11-25-16(22)7-9-19-28(23,24)17-3-2-10-26-17/h2-5,10,19H,6-9,11H2,1H3,(H,18,20). The zero-order valence-electron chi connectivity index (χ0n) is 15.1. The van der Waals surface area contributed by atoms with Crippen molar-refractivity contribution in [3.63, 3.8) is 0 Å². The Hall–Kier alpha value is -2.08. The number of amides is 1. The second-order valence-corrected chi connectivity index (χ2v) is 9.77. The average molecular weight is 445 g/mol. The van der Waals surface area contributed by atoms with Crippen LogP contribution in [0.3, 0.4) is 0 Å². The Bertz CT molecular complexity index is 919. The molecule has 152 valence electrons. The second-order valence-electron chi connectivity index (χ2n) is 5.66. The first kappa shape index (κ1) is 22.2. The summed E-state index contributed by atoms with van der Waals surface area (Å²) in [6.45, 7) is 1.41. The van der Waals surface area contributed by atoms with Crippen LogP contribution >= 0.6 is 22.7 Å². The van der Waals surface area contributed by atoms with Gasteiger partial charge in [-0.25, -0.2) is 13.1 Å². The van der Waals surface area contributed by atoms with E-state index >= 15 is 0 Å². The molecule has 0 fully saturated rings. The van der Waals surface area contributed by atoms with Gasteiger partial charge >= 0.3 is 5.97 Å². The molecule has 11 heteroatoms. The lowest BCUT2D eigenvalue weighted by Gasteiger charge is -2.05. The first-order chi connectivity index (χ1) is 13.3. The largest absolute Gasteiger partial charge is 0.457 e. The Morgan fingerprint density at radius 2 is 1.93 bits per heavy atom. The Morgan fingerprint density at radius 1 is 1.14 bits per heavy atom. The third-order valence-corrected chi connectivity index (χ3v) is 7.47. The first-order valence-corrected chi connectivity index (χ1v) is 11.5. The SMILES string of the molecule is CC(=O)NCCc1ccc(C(=O)COC(=O)CCNS(=O)(=O)c2cccs2)s1. The summed E-state index contributed by atoms with van der Waals surface area (Å²) in [5.41, 5.74) is 0. The van der Waals surface area contributed by atoms with Crippen LogP contribution in [0.15, 0.2) is 33.9 Å². The molecule has 0 aromatic carbocycles. The average Bonchev–Trinajstić information content (AvgIpc) is 3.31. The van der Waals surface area contributed by atoms with Gasteiger partial charge in [0.15, 0.2) is 6.61 Å². The van der Waals surface area contributed by atoms with Gasteiger partial charge in [-0.1, -0.05) is 6.07 Å². The highest BCUT2D eigenvalue weighted by molar-refractivity contribution is 7.91. The van der Waals surface area contributed by atoms with E-state index in [-0.39, 0.29) is 28.9 Å². The minimum absolute atomic E-state index is 0.112. The summed E-state index contributed by atoms with van der Waals surface area (Å²) >= 11 is 2.36. The molecule has 2 aromatic heterocycles. The van der Waals surface area contributed by atoms with Gasteiger partial charge in [0.25, 0.3) is 0 Å². The topological polar surface area (TPSA) is 119 Å². The van der Waals surface area contributed by atoms with E-state index in [1.54, 1.807) is 23.6 Å². The van der Waals surface area contributed by atoms with E-state index in [1.807, 2.05) is 0 Å². The molecule has 0 radical (unpaired) electrons. The van der Waals surface area contributed by atoms with Crippen molar-refractivity contribution in [3.8, 4) is 0 Å². The summed E-state index contributed by atoms with van der Waals surface area (Å²) in [4.78, 5) is 36.0. The molecule has 1 amide bonds. The molecular formula is C17H20N2O6S3. The highest BCUT2D eigenvalue weighted by Crippen LogP contribution is 2.18. The highest BCUT2D eigenvalue weighted by Gasteiger charge is 2.16. The van der Waals surface area contributed by atoms with Crippen molar-refractivity contribution in [3.05, 3.63) is 39.4 Å². The molecular weight excluding hydrogens is 424 g/mol. The van der Waals surface area contributed by atoms with Crippen LogP contribution in [0.2, 0.25) is 0 Å². The van der Waals surface area contributed by atoms with E-state index in [4.69, 9.17) is 4.74 Å². The quantitative estimate of drug-likeness (QED) is 0.401. The van der Waals surface area contributed by atoms with Gasteiger partial charge in [-0.15, -0.1) is 22.7 Å². The molecule has 0 aliphatic rings. The van der Waals surface area contributed by atoms with Crippen LogP contribution in [-0.2, 0) is 30.8 Å². The van der Waals surface area contributed by atoms with E-state index in [2.05, 4.69) is 10.0 Å².